The van der Waals surface area contributed by atoms with E-state index >= 15 is 0 Å². The third kappa shape index (κ3) is 2.18. The van der Waals surface area contributed by atoms with Crippen LogP contribution >= 0.6 is 0 Å². The van der Waals surface area contributed by atoms with Gasteiger partial charge in [-0.05, 0) is 22.6 Å². The minimum Gasteiger partial charge on any atom is -0.242 e. The van der Waals surface area contributed by atoms with Crippen molar-refractivity contribution in [2.45, 2.75) is 10.6 Å². The maximum atomic E-state index is 11.8. The minimum absolute atomic E-state index is 0.218. The van der Waals surface area contributed by atoms with Crippen molar-refractivity contribution >= 4 is 9.84 Å². The van der Waals surface area contributed by atoms with Crippen LogP contribution in [0, 0.1) is 0 Å². The van der Waals surface area contributed by atoms with Gasteiger partial charge in [0, 0.05) is 0 Å². The number of tetrazole rings is 1. The summed E-state index contributed by atoms with van der Waals surface area (Å²) in [5.41, 5.74) is 0. The zero-order valence-corrected chi connectivity index (χ0v) is 8.48. The van der Waals surface area contributed by atoms with Crippen LogP contribution in [-0.4, -0.2) is 29.0 Å². The van der Waals surface area contributed by atoms with Crippen molar-refractivity contribution in [3.63, 3.8) is 0 Å². The third-order valence-electron chi connectivity index (χ3n) is 1.82. The summed E-state index contributed by atoms with van der Waals surface area (Å²) < 4.78 is 23.6. The average molecular weight is 224 g/mol. The molecule has 1 heterocycles. The molecule has 0 aliphatic heterocycles. The Bertz CT molecular complexity index is 521. The number of benzene rings is 1. The summed E-state index contributed by atoms with van der Waals surface area (Å²) in [7, 11) is -3.36. The van der Waals surface area contributed by atoms with E-state index in [4.69, 9.17) is 0 Å². The van der Waals surface area contributed by atoms with Gasteiger partial charge in [-0.2, -0.15) is 0 Å². The molecule has 6 nitrogen and oxygen atoms in total. The molecule has 0 aliphatic rings. The molecule has 78 valence electrons. The van der Waals surface area contributed by atoms with Crippen LogP contribution in [0.5, 0.6) is 0 Å². The molecule has 0 atom stereocenters. The number of nitrogens with one attached hydrogen (secondary N) is 1. The molecule has 1 N–H and O–H groups in total. The molecule has 0 spiro atoms. The van der Waals surface area contributed by atoms with Crippen LogP contribution in [0.4, 0.5) is 0 Å². The topological polar surface area (TPSA) is 88.6 Å². The van der Waals surface area contributed by atoms with Crippen LogP contribution < -0.4 is 0 Å². The first-order valence-electron chi connectivity index (χ1n) is 4.19. The second-order valence-electron chi connectivity index (χ2n) is 2.92. The van der Waals surface area contributed by atoms with Crippen LogP contribution in [0.25, 0.3) is 0 Å². The highest BCUT2D eigenvalue weighted by molar-refractivity contribution is 7.90. The van der Waals surface area contributed by atoms with E-state index in [2.05, 4.69) is 20.6 Å². The van der Waals surface area contributed by atoms with Crippen molar-refractivity contribution in [1.82, 2.24) is 20.6 Å². The second-order valence-corrected chi connectivity index (χ2v) is 4.91. The molecule has 0 amide bonds. The second kappa shape index (κ2) is 3.77. The molecule has 0 saturated carbocycles. The molecule has 0 radical (unpaired) electrons. The number of hydrogen-bond donors (Lipinski definition) is 1. The first-order valence-corrected chi connectivity index (χ1v) is 5.84. The van der Waals surface area contributed by atoms with Gasteiger partial charge >= 0.3 is 0 Å². The van der Waals surface area contributed by atoms with Crippen molar-refractivity contribution in [3.8, 4) is 0 Å². The Kier molecular flexibility index (Phi) is 2.46. The lowest BCUT2D eigenvalue weighted by atomic mass is 10.4. The number of aromatic amines is 1. The van der Waals surface area contributed by atoms with Gasteiger partial charge in [-0.25, -0.2) is 13.5 Å². The van der Waals surface area contributed by atoms with E-state index in [9.17, 15) is 8.42 Å². The van der Waals surface area contributed by atoms with Crippen molar-refractivity contribution in [3.05, 3.63) is 36.2 Å². The predicted octanol–water partition coefficient (Wildman–Crippen LogP) is 0.174. The van der Waals surface area contributed by atoms with E-state index in [1.165, 1.54) is 0 Å². The quantitative estimate of drug-likeness (QED) is 0.803. The van der Waals surface area contributed by atoms with E-state index in [0.717, 1.165) is 0 Å². The van der Waals surface area contributed by atoms with Gasteiger partial charge in [0.15, 0.2) is 15.7 Å². The summed E-state index contributed by atoms with van der Waals surface area (Å²) in [5.74, 6) is 0.0168. The fourth-order valence-corrected chi connectivity index (χ4v) is 2.35. The lowest BCUT2D eigenvalue weighted by Crippen LogP contribution is -2.06. The molecule has 1 aromatic carbocycles. The third-order valence-corrected chi connectivity index (χ3v) is 3.46. The molecular formula is C8H8N4O2S. The van der Waals surface area contributed by atoms with Crippen LogP contribution in [-0.2, 0) is 15.6 Å². The highest BCUT2D eigenvalue weighted by atomic mass is 32.2. The standard InChI is InChI=1S/C8H8N4O2S/c13-15(14,6-8-9-11-12-10-8)7-4-2-1-3-5-7/h1-5H,6H2,(H,9,10,11,12). The monoisotopic (exact) mass is 224 g/mol. The zero-order valence-electron chi connectivity index (χ0n) is 7.66. The summed E-state index contributed by atoms with van der Waals surface area (Å²) in [4.78, 5) is 0.265. The Labute approximate surface area is 86.3 Å². The van der Waals surface area contributed by atoms with Crippen molar-refractivity contribution in [1.29, 1.82) is 0 Å². The predicted molar refractivity (Wildman–Crippen MR) is 51.5 cm³/mol. The Balaban J connectivity index is 2.29. The normalized spacial score (nSPS) is 11.5. The molecule has 15 heavy (non-hydrogen) atoms. The Morgan fingerprint density at radius 3 is 2.53 bits per heavy atom. The summed E-state index contributed by atoms with van der Waals surface area (Å²) in [6, 6.07) is 8.18. The molecule has 0 unspecified atom stereocenters. The number of hydrogen-bond acceptors (Lipinski definition) is 5. The maximum absolute atomic E-state index is 11.8. The number of sulfone groups is 1. The van der Waals surface area contributed by atoms with Gasteiger partial charge < -0.3 is 0 Å². The Morgan fingerprint density at radius 1 is 1.20 bits per heavy atom. The molecule has 7 heteroatoms. The molecule has 1 aromatic heterocycles. The molecule has 2 rings (SSSR count). The Hall–Kier alpha value is -1.76. The summed E-state index contributed by atoms with van der Waals surface area (Å²) >= 11 is 0. The first-order chi connectivity index (χ1) is 7.18. The van der Waals surface area contributed by atoms with Gasteiger partial charge in [0.1, 0.15) is 5.75 Å². The van der Waals surface area contributed by atoms with Gasteiger partial charge in [-0.15, -0.1) is 5.10 Å². The summed E-state index contributed by atoms with van der Waals surface area (Å²) in [5, 5.41) is 12.6. The molecule has 0 saturated heterocycles. The fourth-order valence-electron chi connectivity index (χ4n) is 1.13. The highest BCUT2D eigenvalue weighted by Crippen LogP contribution is 2.12. The van der Waals surface area contributed by atoms with Crippen molar-refractivity contribution < 1.29 is 8.42 Å². The lowest BCUT2D eigenvalue weighted by Gasteiger charge is -2.00. The van der Waals surface area contributed by atoms with Crippen molar-refractivity contribution in [2.75, 3.05) is 0 Å². The average Bonchev–Trinajstić information content (AvgIpc) is 2.71. The van der Waals surface area contributed by atoms with Crippen LogP contribution in [0.2, 0.25) is 0 Å². The van der Waals surface area contributed by atoms with E-state index in [-0.39, 0.29) is 16.5 Å². The van der Waals surface area contributed by atoms with E-state index in [1.54, 1.807) is 30.3 Å². The first kappa shape index (κ1) is 9.78. The molecule has 0 fully saturated rings. The molecular weight excluding hydrogens is 216 g/mol. The van der Waals surface area contributed by atoms with Gasteiger partial charge in [0.2, 0.25) is 0 Å². The fraction of sp³-hybridized carbons (Fsp3) is 0.125. The van der Waals surface area contributed by atoms with E-state index < -0.39 is 9.84 Å². The lowest BCUT2D eigenvalue weighted by molar-refractivity contribution is 0.594. The largest absolute Gasteiger partial charge is 0.242 e. The van der Waals surface area contributed by atoms with Crippen LogP contribution in [0.3, 0.4) is 0 Å². The van der Waals surface area contributed by atoms with Gasteiger partial charge in [0.05, 0.1) is 4.90 Å². The molecule has 0 bridgehead atoms. The molecule has 0 aliphatic carbocycles. The number of H-pyrrole nitrogens is 1. The summed E-state index contributed by atoms with van der Waals surface area (Å²) in [6.45, 7) is 0. The van der Waals surface area contributed by atoms with E-state index in [0.29, 0.717) is 0 Å². The highest BCUT2D eigenvalue weighted by Gasteiger charge is 2.16. The smallest absolute Gasteiger partial charge is 0.185 e. The Morgan fingerprint density at radius 2 is 1.93 bits per heavy atom. The summed E-state index contributed by atoms with van der Waals surface area (Å²) in [6.07, 6.45) is 0. The van der Waals surface area contributed by atoms with Gasteiger partial charge in [0.25, 0.3) is 0 Å². The van der Waals surface area contributed by atoms with Crippen LogP contribution in [0.1, 0.15) is 5.82 Å². The maximum Gasteiger partial charge on any atom is 0.185 e. The number of nitrogens with zero attached hydrogens (tertiary/aromatic N) is 3. The number of aromatic nitrogens is 4. The van der Waals surface area contributed by atoms with Crippen molar-refractivity contribution in [2.24, 2.45) is 0 Å². The minimum atomic E-state index is -3.36. The van der Waals surface area contributed by atoms with Gasteiger partial charge in [-0.3, -0.25) is 0 Å². The number of rotatable bonds is 3. The SMILES string of the molecule is O=S(=O)(Cc1nnn[nH]1)c1ccccc1. The molecule has 2 aromatic rings. The van der Waals surface area contributed by atoms with E-state index in [1.807, 2.05) is 0 Å². The zero-order chi connectivity index (χ0) is 10.7. The van der Waals surface area contributed by atoms with Gasteiger partial charge in [-0.1, -0.05) is 18.2 Å². The van der Waals surface area contributed by atoms with Crippen LogP contribution in [0.15, 0.2) is 35.2 Å².